The molecule has 3 aromatic rings. The second-order valence-electron chi connectivity index (χ2n) is 7.19. The van der Waals surface area contributed by atoms with Crippen LogP contribution >= 0.6 is 11.6 Å². The summed E-state index contributed by atoms with van der Waals surface area (Å²) in [5, 5.41) is 28.9. The van der Waals surface area contributed by atoms with Crippen molar-refractivity contribution in [1.29, 1.82) is 0 Å². The fourth-order valence-electron chi connectivity index (χ4n) is 2.65. The second kappa shape index (κ2) is 10.8. The van der Waals surface area contributed by atoms with Crippen molar-refractivity contribution in [1.82, 2.24) is 20.2 Å². The number of carbonyl (C=O) groups excluding carboxylic acids is 1. The molecule has 1 unspecified atom stereocenters. The summed E-state index contributed by atoms with van der Waals surface area (Å²) in [4.78, 5) is 20.7. The zero-order valence-corrected chi connectivity index (χ0v) is 19.3. The fraction of sp³-hybridized carbons (Fsp3) is 0.333. The number of H-pyrrole nitrogens is 1. The molecule has 0 aliphatic carbocycles. The van der Waals surface area contributed by atoms with Gasteiger partial charge in [-0.2, -0.15) is 18.3 Å². The number of rotatable bonds is 4. The molecular formula is C21H22ClF4N5O3. The number of phenols is 1. The number of aromatic amines is 1. The first kappa shape index (κ1) is 27.0. The number of hydrogen-bond acceptors (Lipinski definition) is 6. The number of phenolic OH excluding ortho intramolecular Hbond substituents is 1. The van der Waals surface area contributed by atoms with Crippen LogP contribution in [0.5, 0.6) is 5.75 Å². The Morgan fingerprint density at radius 3 is 2.41 bits per heavy atom. The largest absolute Gasteiger partial charge is 0.507 e. The van der Waals surface area contributed by atoms with E-state index in [0.29, 0.717) is 17.1 Å². The van der Waals surface area contributed by atoms with Gasteiger partial charge in [0, 0.05) is 12.0 Å². The Morgan fingerprint density at radius 1 is 1.29 bits per heavy atom. The zero-order valence-electron chi connectivity index (χ0n) is 18.6. The lowest BCUT2D eigenvalue weighted by molar-refractivity contribution is -0.130. The van der Waals surface area contributed by atoms with Crippen LogP contribution in [0.3, 0.4) is 0 Å². The van der Waals surface area contributed by atoms with Gasteiger partial charge in [-0.25, -0.2) is 9.37 Å². The molecule has 0 radical (unpaired) electrons. The molecule has 0 fully saturated rings. The number of carbonyl (C=O) groups is 1. The van der Waals surface area contributed by atoms with Crippen LogP contribution in [0.25, 0.3) is 11.3 Å². The first-order chi connectivity index (χ1) is 15.7. The highest BCUT2D eigenvalue weighted by atomic mass is 35.5. The number of nitrogens with one attached hydrogen (secondary N) is 2. The van der Waals surface area contributed by atoms with Crippen LogP contribution in [0, 0.1) is 19.7 Å². The Balaban J connectivity index is 0.000000604. The normalized spacial score (nSPS) is 12.1. The van der Waals surface area contributed by atoms with Crippen LogP contribution < -0.4 is 5.32 Å². The number of hydrogen-bond donors (Lipinski definition) is 4. The highest BCUT2D eigenvalue weighted by Gasteiger charge is 2.23. The van der Waals surface area contributed by atoms with Crippen LogP contribution in [0.15, 0.2) is 18.3 Å². The zero-order chi connectivity index (χ0) is 25.8. The molecule has 0 aliphatic heterocycles. The van der Waals surface area contributed by atoms with E-state index in [1.165, 1.54) is 13.1 Å². The minimum Gasteiger partial charge on any atom is -0.507 e. The van der Waals surface area contributed by atoms with Crippen molar-refractivity contribution in [2.45, 2.75) is 46.4 Å². The summed E-state index contributed by atoms with van der Waals surface area (Å²) in [6.45, 7) is 5.92. The number of halogens is 5. The quantitative estimate of drug-likeness (QED) is 0.361. The third-order valence-corrected chi connectivity index (χ3v) is 4.81. The third kappa shape index (κ3) is 6.64. The lowest BCUT2D eigenvalue weighted by Crippen LogP contribution is -2.13. The summed E-state index contributed by atoms with van der Waals surface area (Å²) < 4.78 is 47.0. The number of benzene rings is 1. The molecule has 0 aliphatic rings. The van der Waals surface area contributed by atoms with Crippen molar-refractivity contribution < 1.29 is 32.6 Å². The van der Waals surface area contributed by atoms with Gasteiger partial charge in [0.05, 0.1) is 40.6 Å². The maximum absolute atomic E-state index is 14.7. The Morgan fingerprint density at radius 2 is 1.91 bits per heavy atom. The first-order valence-electron chi connectivity index (χ1n) is 9.88. The van der Waals surface area contributed by atoms with Crippen molar-refractivity contribution >= 4 is 23.2 Å². The maximum Gasteiger partial charge on any atom is 0.388 e. The molecule has 2 heterocycles. The maximum atomic E-state index is 14.7. The first-order valence-corrected chi connectivity index (χ1v) is 10.3. The van der Waals surface area contributed by atoms with Gasteiger partial charge in [-0.15, -0.1) is 0 Å². The summed E-state index contributed by atoms with van der Waals surface area (Å²) in [6, 6.07) is 1.98. The molecule has 184 valence electrons. The molecule has 34 heavy (non-hydrogen) atoms. The SMILES string of the molecule is CCC(F)(F)F.Cc1ncc(-c2cc(O)c(C(=O)Nc3c(Cl)n[nH]c3C)cc2F)nc1C(C)O. The third-order valence-electron chi connectivity index (χ3n) is 4.54. The Kier molecular flexibility index (Phi) is 8.56. The van der Waals surface area contributed by atoms with Crippen LogP contribution in [0.2, 0.25) is 5.15 Å². The molecule has 4 N–H and O–H groups in total. The molecule has 1 aromatic carbocycles. The lowest BCUT2D eigenvalue weighted by atomic mass is 10.1. The summed E-state index contributed by atoms with van der Waals surface area (Å²) in [5.74, 6) is -1.99. The Labute approximate surface area is 197 Å². The smallest absolute Gasteiger partial charge is 0.388 e. The summed E-state index contributed by atoms with van der Waals surface area (Å²) >= 11 is 5.88. The van der Waals surface area contributed by atoms with E-state index in [1.54, 1.807) is 13.8 Å². The molecule has 0 bridgehead atoms. The van der Waals surface area contributed by atoms with E-state index < -0.39 is 36.2 Å². The van der Waals surface area contributed by atoms with Gasteiger partial charge in [0.15, 0.2) is 5.15 Å². The number of aryl methyl sites for hydroxylation is 2. The van der Waals surface area contributed by atoms with Gasteiger partial charge in [0.25, 0.3) is 5.91 Å². The molecule has 1 atom stereocenters. The minimum atomic E-state index is -3.96. The monoisotopic (exact) mass is 503 g/mol. The van der Waals surface area contributed by atoms with E-state index in [-0.39, 0.29) is 27.7 Å². The van der Waals surface area contributed by atoms with Crippen molar-refractivity contribution in [3.63, 3.8) is 0 Å². The minimum absolute atomic E-state index is 0.0445. The number of alkyl halides is 3. The van der Waals surface area contributed by atoms with E-state index in [1.807, 2.05) is 0 Å². The van der Waals surface area contributed by atoms with Gasteiger partial charge in [0.2, 0.25) is 0 Å². The van der Waals surface area contributed by atoms with Crippen molar-refractivity contribution in [2.75, 3.05) is 5.32 Å². The lowest BCUT2D eigenvalue weighted by Gasteiger charge is -2.12. The summed E-state index contributed by atoms with van der Waals surface area (Å²) in [7, 11) is 0. The second-order valence-corrected chi connectivity index (χ2v) is 7.55. The van der Waals surface area contributed by atoms with Crippen molar-refractivity contribution in [3.05, 3.63) is 51.9 Å². The molecule has 3 rings (SSSR count). The number of nitrogens with zero attached hydrogens (tertiary/aromatic N) is 3. The van der Waals surface area contributed by atoms with Crippen LogP contribution in [0.4, 0.5) is 23.2 Å². The number of aromatic hydroxyl groups is 1. The van der Waals surface area contributed by atoms with Crippen LogP contribution in [-0.4, -0.2) is 42.5 Å². The van der Waals surface area contributed by atoms with Crippen molar-refractivity contribution in [3.8, 4) is 17.0 Å². The molecule has 0 spiro atoms. The molecule has 1 amide bonds. The Bertz CT molecular complexity index is 1160. The summed E-state index contributed by atoms with van der Waals surface area (Å²) in [5.41, 5.74) is 1.33. The number of aromatic nitrogens is 4. The molecule has 8 nitrogen and oxygen atoms in total. The molecule has 13 heteroatoms. The van der Waals surface area contributed by atoms with Gasteiger partial charge in [-0.1, -0.05) is 18.5 Å². The summed E-state index contributed by atoms with van der Waals surface area (Å²) in [6.07, 6.45) is -4.25. The topological polar surface area (TPSA) is 124 Å². The van der Waals surface area contributed by atoms with Crippen LogP contribution in [0.1, 0.15) is 53.8 Å². The number of anilines is 1. The van der Waals surface area contributed by atoms with Crippen molar-refractivity contribution in [2.24, 2.45) is 0 Å². The molecular weight excluding hydrogens is 482 g/mol. The number of amides is 1. The average molecular weight is 504 g/mol. The Hall–Kier alpha value is -3.25. The van der Waals surface area contributed by atoms with Gasteiger partial charge in [0.1, 0.15) is 17.3 Å². The number of aliphatic hydroxyl groups excluding tert-OH is 1. The predicted molar refractivity (Wildman–Crippen MR) is 117 cm³/mol. The fourth-order valence-corrected chi connectivity index (χ4v) is 2.89. The molecule has 0 saturated carbocycles. The molecule has 2 aromatic heterocycles. The molecule has 0 saturated heterocycles. The van der Waals surface area contributed by atoms with E-state index in [9.17, 15) is 32.6 Å². The van der Waals surface area contributed by atoms with E-state index in [2.05, 4.69) is 25.5 Å². The average Bonchev–Trinajstić information content (AvgIpc) is 3.07. The van der Waals surface area contributed by atoms with Gasteiger partial charge < -0.3 is 15.5 Å². The van der Waals surface area contributed by atoms with E-state index >= 15 is 0 Å². The van der Waals surface area contributed by atoms with Gasteiger partial charge in [-0.3, -0.25) is 14.9 Å². The van der Waals surface area contributed by atoms with Gasteiger partial charge >= 0.3 is 6.18 Å². The van der Waals surface area contributed by atoms with Gasteiger partial charge in [-0.05, 0) is 32.9 Å². The predicted octanol–water partition coefficient (Wildman–Crippen LogP) is 5.25. The standard InChI is InChI=1S/C18H17ClFN5O3.C3H5F3/c1-7-15(9(3)26)22-13(6-21-7)10-5-14(27)11(4-12(10)20)18(28)23-16-8(2)24-25-17(16)19;1-2-3(4,5)6/h4-6,9,26-27H,1-3H3,(H,23,28)(H,24,25);2H2,1H3. The highest BCUT2D eigenvalue weighted by molar-refractivity contribution is 6.33. The van der Waals surface area contributed by atoms with Crippen LogP contribution in [-0.2, 0) is 0 Å². The van der Waals surface area contributed by atoms with E-state index in [0.717, 1.165) is 19.1 Å². The van der Waals surface area contributed by atoms with E-state index in [4.69, 9.17) is 11.6 Å². The number of aliphatic hydroxyl groups is 1. The highest BCUT2D eigenvalue weighted by Crippen LogP contribution is 2.31.